The molecule has 0 amide bonds. The van der Waals surface area contributed by atoms with Crippen LogP contribution in [0.3, 0.4) is 0 Å². The van der Waals surface area contributed by atoms with Crippen molar-refractivity contribution in [2.24, 2.45) is 0 Å². The van der Waals surface area contributed by atoms with Gasteiger partial charge in [-0.3, -0.25) is 14.5 Å². The van der Waals surface area contributed by atoms with Crippen LogP contribution < -0.4 is 4.74 Å². The first-order valence-corrected chi connectivity index (χ1v) is 18.3. The van der Waals surface area contributed by atoms with E-state index in [4.69, 9.17) is 34.4 Å². The van der Waals surface area contributed by atoms with Gasteiger partial charge < -0.3 is 25.0 Å². The molecule has 6 heterocycles. The van der Waals surface area contributed by atoms with Crippen LogP contribution in [0.25, 0.3) is 22.3 Å². The molecule has 4 aromatic rings. The predicted molar refractivity (Wildman–Crippen MR) is 190 cm³/mol. The van der Waals surface area contributed by atoms with E-state index in [2.05, 4.69) is 45.9 Å². The Morgan fingerprint density at radius 3 is 1.91 bits per heavy atom. The number of hydrogen-bond acceptors (Lipinski definition) is 12. The number of ether oxygens (including phenoxy) is 1. The standard InChI is InChI=1S/C29H31F3N10O.3C2HF3O2/c30-29(31,32)27-38-20(15-40-10-1-11-40)12-24(39-27)43-22-4-2-21(3-5-22)41-16-28(17-41,7-8-33)42-14-19(13-37-42)25-23-6-9-34-26(23)36-18-35-25;3*3-2(4,5)1(6)7/h6,9,12-14,18,21-22H,1-5,7,10-11,15-17H2,(H,34,35,36);3*(H,6,7). The number of halogens is 12. The third-order valence-electron chi connectivity index (χ3n) is 9.62. The second kappa shape index (κ2) is 20.0. The van der Waals surface area contributed by atoms with E-state index < -0.39 is 54.0 Å². The van der Waals surface area contributed by atoms with Gasteiger partial charge in [-0.25, -0.2) is 29.3 Å². The predicted octanol–water partition coefficient (Wildman–Crippen LogP) is 6.05. The third-order valence-corrected chi connectivity index (χ3v) is 9.62. The molecule has 3 aliphatic rings. The molecule has 4 N–H and O–H groups in total. The summed E-state index contributed by atoms with van der Waals surface area (Å²) in [6, 6.07) is 6.14. The van der Waals surface area contributed by atoms with Gasteiger partial charge in [0, 0.05) is 55.1 Å². The quantitative estimate of drug-likeness (QED) is 0.147. The largest absolute Gasteiger partial charge is 0.490 e. The summed E-state index contributed by atoms with van der Waals surface area (Å²) in [6.45, 7) is 3.47. The lowest BCUT2D eigenvalue weighted by molar-refractivity contribution is -0.193. The van der Waals surface area contributed by atoms with Crippen LogP contribution in [0.15, 0.2) is 37.1 Å². The van der Waals surface area contributed by atoms with Crippen molar-refractivity contribution in [3.05, 3.63) is 48.6 Å². The number of rotatable bonds is 8. The SMILES string of the molecule is N#CCC1(n2cc(-c3ncnc4[nH]ccc34)cn2)CN(C2CCC(Oc3cc(CN4CCC4)nc(C(F)(F)F)n3)CC2)C1.O=C(O)C(F)(F)F.O=C(O)C(F)(F)F.O=C(O)C(F)(F)F. The van der Waals surface area contributed by atoms with E-state index in [0.717, 1.165) is 54.6 Å². The number of aromatic nitrogens is 7. The van der Waals surface area contributed by atoms with E-state index in [1.807, 2.05) is 23.1 Å². The molecule has 0 aromatic carbocycles. The summed E-state index contributed by atoms with van der Waals surface area (Å²) in [4.78, 5) is 50.4. The van der Waals surface area contributed by atoms with Crippen molar-refractivity contribution in [1.29, 1.82) is 5.26 Å². The van der Waals surface area contributed by atoms with Gasteiger partial charge in [0.2, 0.25) is 11.7 Å². The fraction of sp³-hybridized carbons (Fsp3) is 0.514. The highest BCUT2D eigenvalue weighted by Crippen LogP contribution is 2.39. The van der Waals surface area contributed by atoms with Crippen molar-refractivity contribution in [1.82, 2.24) is 44.5 Å². The molecular weight excluding hydrogens is 900 g/mol. The van der Waals surface area contributed by atoms with Crippen molar-refractivity contribution < 1.29 is 87.1 Å². The summed E-state index contributed by atoms with van der Waals surface area (Å²) >= 11 is 0. The lowest BCUT2D eigenvalue weighted by atomic mass is 9.82. The molecule has 0 atom stereocenters. The van der Waals surface area contributed by atoms with Crippen LogP contribution >= 0.6 is 0 Å². The van der Waals surface area contributed by atoms with Crippen molar-refractivity contribution in [3.63, 3.8) is 0 Å². The number of carboxylic acid groups (broad SMARTS) is 3. The van der Waals surface area contributed by atoms with Crippen LogP contribution in [-0.2, 0) is 32.6 Å². The minimum atomic E-state index is -5.08. The minimum absolute atomic E-state index is 0.00613. The number of aliphatic carboxylic acids is 3. The molecule has 64 heavy (non-hydrogen) atoms. The highest BCUT2D eigenvalue weighted by atomic mass is 19.4. The maximum atomic E-state index is 13.5. The number of H-pyrrole nitrogens is 1. The van der Waals surface area contributed by atoms with E-state index in [9.17, 15) is 57.9 Å². The van der Waals surface area contributed by atoms with E-state index in [1.165, 1.54) is 6.33 Å². The van der Waals surface area contributed by atoms with Crippen LogP contribution in [0.5, 0.6) is 5.88 Å². The molecule has 1 aliphatic carbocycles. The molecule has 0 unspecified atom stereocenters. The Kier molecular flexibility index (Phi) is 15.8. The molecule has 17 nitrogen and oxygen atoms in total. The van der Waals surface area contributed by atoms with Crippen molar-refractivity contribution in [2.45, 2.75) is 87.5 Å². The average molecular weight is 935 g/mol. The lowest BCUT2D eigenvalue weighted by Crippen LogP contribution is -2.65. The first-order valence-electron chi connectivity index (χ1n) is 18.3. The summed E-state index contributed by atoms with van der Waals surface area (Å²) in [7, 11) is 0. The number of fused-ring (bicyclic) bond motifs is 1. The normalized spacial score (nSPS) is 18.9. The summed E-state index contributed by atoms with van der Waals surface area (Å²) in [5, 5.41) is 36.6. The Balaban J connectivity index is 0.000000355. The van der Waals surface area contributed by atoms with Crippen LogP contribution in [0, 0.1) is 11.3 Å². The number of nitrogens with one attached hydrogen (secondary N) is 1. The van der Waals surface area contributed by atoms with Gasteiger partial charge in [0.25, 0.3) is 0 Å². The zero-order valence-corrected chi connectivity index (χ0v) is 32.4. The van der Waals surface area contributed by atoms with Crippen molar-refractivity contribution in [3.8, 4) is 23.2 Å². The molecule has 350 valence electrons. The Bertz CT molecular complexity index is 2220. The Labute approximate surface area is 351 Å². The average Bonchev–Trinajstić information content (AvgIpc) is 3.85. The molecule has 1 saturated carbocycles. The minimum Gasteiger partial charge on any atom is -0.475 e. The number of nitriles is 1. The first-order chi connectivity index (χ1) is 29.6. The van der Waals surface area contributed by atoms with Gasteiger partial charge in [-0.05, 0) is 51.3 Å². The number of nitrogens with zero attached hydrogens (tertiary/aromatic N) is 9. The smallest absolute Gasteiger partial charge is 0.475 e. The maximum absolute atomic E-state index is 13.5. The molecule has 3 fully saturated rings. The van der Waals surface area contributed by atoms with E-state index in [1.54, 1.807) is 12.3 Å². The molecular formula is C35H34F12N10O7. The topological polar surface area (TPSA) is 237 Å². The summed E-state index contributed by atoms with van der Waals surface area (Å²) in [6.07, 6.45) is -8.49. The fourth-order valence-corrected chi connectivity index (χ4v) is 6.47. The first kappa shape index (κ1) is 50.3. The Morgan fingerprint density at radius 2 is 1.42 bits per heavy atom. The van der Waals surface area contributed by atoms with E-state index >= 15 is 0 Å². The number of likely N-dealkylation sites (tertiary alicyclic amines) is 2. The number of hydrogen-bond donors (Lipinski definition) is 4. The monoisotopic (exact) mass is 934 g/mol. The second-order valence-corrected chi connectivity index (χ2v) is 14.2. The lowest BCUT2D eigenvalue weighted by Gasteiger charge is -2.53. The number of aromatic amines is 1. The van der Waals surface area contributed by atoms with Crippen molar-refractivity contribution in [2.75, 3.05) is 26.2 Å². The fourth-order valence-electron chi connectivity index (χ4n) is 6.47. The van der Waals surface area contributed by atoms with Crippen LogP contribution in [-0.4, -0.2) is 135 Å². The van der Waals surface area contributed by atoms with E-state index in [-0.39, 0.29) is 12.0 Å². The van der Waals surface area contributed by atoms with Gasteiger partial charge >= 0.3 is 42.6 Å². The zero-order chi connectivity index (χ0) is 47.8. The molecule has 0 spiro atoms. The number of carbonyl (C=O) groups is 3. The number of carboxylic acids is 3. The Hall–Kier alpha value is -6.31. The van der Waals surface area contributed by atoms with Gasteiger partial charge in [0.05, 0.1) is 30.1 Å². The molecule has 7 rings (SSSR count). The molecule has 29 heteroatoms. The molecule has 4 aromatic heterocycles. The van der Waals surface area contributed by atoms with Crippen LogP contribution in [0.4, 0.5) is 52.7 Å². The van der Waals surface area contributed by atoms with Gasteiger partial charge in [0.1, 0.15) is 23.6 Å². The molecule has 2 saturated heterocycles. The molecule has 0 radical (unpaired) electrons. The maximum Gasteiger partial charge on any atom is 0.490 e. The summed E-state index contributed by atoms with van der Waals surface area (Å²) in [5.74, 6) is -9.43. The third kappa shape index (κ3) is 13.6. The molecule has 2 aliphatic heterocycles. The van der Waals surface area contributed by atoms with E-state index in [0.29, 0.717) is 50.6 Å². The highest BCUT2D eigenvalue weighted by Gasteiger charge is 2.48. The zero-order valence-electron chi connectivity index (χ0n) is 32.4. The number of alkyl halides is 12. The van der Waals surface area contributed by atoms with Crippen LogP contribution in [0.2, 0.25) is 0 Å². The molecule has 0 bridgehead atoms. The van der Waals surface area contributed by atoms with Gasteiger partial charge in [-0.15, -0.1) is 0 Å². The Morgan fingerprint density at radius 1 is 0.859 bits per heavy atom. The summed E-state index contributed by atoms with van der Waals surface area (Å²) in [5.41, 5.74) is 2.32. The van der Waals surface area contributed by atoms with Gasteiger partial charge in [-0.2, -0.15) is 68.0 Å². The highest BCUT2D eigenvalue weighted by molar-refractivity contribution is 5.90. The van der Waals surface area contributed by atoms with Gasteiger partial charge in [-0.1, -0.05) is 0 Å². The van der Waals surface area contributed by atoms with Crippen LogP contribution in [0.1, 0.15) is 50.0 Å². The second-order valence-electron chi connectivity index (χ2n) is 14.2. The summed E-state index contributed by atoms with van der Waals surface area (Å²) < 4.78 is 144. The van der Waals surface area contributed by atoms with Crippen molar-refractivity contribution >= 4 is 28.9 Å². The van der Waals surface area contributed by atoms with Gasteiger partial charge in [0.15, 0.2) is 0 Å².